The third-order valence-electron chi connectivity index (χ3n) is 4.53. The molecule has 0 aromatic heterocycles. The topological polar surface area (TPSA) is 68.9 Å². The predicted octanol–water partition coefficient (Wildman–Crippen LogP) is 3.50. The lowest BCUT2D eigenvalue weighted by atomic mass is 9.84. The Labute approximate surface area is 178 Å². The van der Waals surface area contributed by atoms with E-state index in [1.165, 1.54) is 5.56 Å². The number of benzene rings is 2. The van der Waals surface area contributed by atoms with E-state index in [1.54, 1.807) is 0 Å². The molecule has 1 heterocycles. The molecule has 27 heavy (non-hydrogen) atoms. The van der Waals surface area contributed by atoms with Crippen LogP contribution in [-0.4, -0.2) is 32.3 Å². The van der Waals surface area contributed by atoms with Crippen LogP contribution < -0.4 is 20.5 Å². The summed E-state index contributed by atoms with van der Waals surface area (Å²) >= 11 is 0. The summed E-state index contributed by atoms with van der Waals surface area (Å²) in [4.78, 5) is 4.53. The third-order valence-corrected chi connectivity index (χ3v) is 4.53. The van der Waals surface area contributed by atoms with E-state index >= 15 is 0 Å². The van der Waals surface area contributed by atoms with Crippen LogP contribution in [0.5, 0.6) is 11.5 Å². The van der Waals surface area contributed by atoms with Crippen molar-refractivity contribution in [2.45, 2.75) is 25.7 Å². The molecule has 3 rings (SSSR count). The van der Waals surface area contributed by atoms with Gasteiger partial charge in [0.15, 0.2) is 17.5 Å². The lowest BCUT2D eigenvalue weighted by Crippen LogP contribution is -2.35. The molecule has 0 spiro atoms. The van der Waals surface area contributed by atoms with Gasteiger partial charge in [-0.2, -0.15) is 0 Å². The fourth-order valence-corrected chi connectivity index (χ4v) is 2.87. The maximum absolute atomic E-state index is 6.03. The highest BCUT2D eigenvalue weighted by atomic mass is 127. The molecule has 0 unspecified atom stereocenters. The van der Waals surface area contributed by atoms with Crippen LogP contribution in [0.25, 0.3) is 0 Å². The second-order valence-electron chi connectivity index (χ2n) is 7.11. The average Bonchev–Trinajstić information content (AvgIpc) is 2.67. The highest BCUT2D eigenvalue weighted by Crippen LogP contribution is 2.35. The van der Waals surface area contributed by atoms with Gasteiger partial charge in [0.1, 0.15) is 13.2 Å². The number of hydrogen-bond donors (Lipinski definition) is 2. The minimum atomic E-state index is -0.151. The predicted molar refractivity (Wildman–Crippen MR) is 121 cm³/mol. The Morgan fingerprint density at radius 3 is 2.52 bits per heavy atom. The molecule has 5 nitrogen and oxygen atoms in total. The van der Waals surface area contributed by atoms with Gasteiger partial charge in [-0.1, -0.05) is 50.2 Å². The number of nitrogens with two attached hydrogens (primary N) is 1. The Morgan fingerprint density at radius 1 is 1.07 bits per heavy atom. The minimum absolute atomic E-state index is 0. The van der Waals surface area contributed by atoms with Gasteiger partial charge >= 0.3 is 0 Å². The first kappa shape index (κ1) is 21.3. The summed E-state index contributed by atoms with van der Waals surface area (Å²) in [5, 5.41) is 3.19. The molecule has 0 bridgehead atoms. The molecule has 1 aliphatic rings. The Kier molecular flexibility index (Phi) is 7.77. The second kappa shape index (κ2) is 9.82. The third kappa shape index (κ3) is 6.02. The summed E-state index contributed by atoms with van der Waals surface area (Å²) in [6, 6.07) is 16.4. The maximum atomic E-state index is 6.03. The van der Waals surface area contributed by atoms with Gasteiger partial charge in [-0.15, -0.1) is 24.0 Å². The number of hydrogen-bond acceptors (Lipinski definition) is 3. The molecule has 0 fully saturated rings. The van der Waals surface area contributed by atoms with E-state index in [0.717, 1.165) is 30.0 Å². The van der Waals surface area contributed by atoms with Crippen molar-refractivity contribution in [2.75, 3.05) is 26.3 Å². The van der Waals surface area contributed by atoms with E-state index in [1.807, 2.05) is 30.3 Å². The van der Waals surface area contributed by atoms with Gasteiger partial charge in [-0.3, -0.25) is 4.99 Å². The zero-order chi connectivity index (χ0) is 18.4. The van der Waals surface area contributed by atoms with Crippen LogP contribution in [0.2, 0.25) is 0 Å². The van der Waals surface area contributed by atoms with E-state index in [2.05, 4.69) is 42.4 Å². The Hall–Kier alpha value is -1.96. The van der Waals surface area contributed by atoms with Crippen molar-refractivity contribution in [3.63, 3.8) is 0 Å². The van der Waals surface area contributed by atoms with Gasteiger partial charge in [-0.05, 0) is 29.7 Å². The molecule has 0 amide bonds. The van der Waals surface area contributed by atoms with Gasteiger partial charge < -0.3 is 20.5 Å². The summed E-state index contributed by atoms with van der Waals surface area (Å²) in [6.07, 6.45) is 0.919. The van der Waals surface area contributed by atoms with Gasteiger partial charge in [0, 0.05) is 12.0 Å². The number of ether oxygens (including phenoxy) is 2. The molecule has 6 heteroatoms. The van der Waals surface area contributed by atoms with E-state index in [9.17, 15) is 0 Å². The van der Waals surface area contributed by atoms with Crippen molar-refractivity contribution in [2.24, 2.45) is 10.7 Å². The van der Waals surface area contributed by atoms with Gasteiger partial charge in [0.2, 0.25) is 0 Å². The minimum Gasteiger partial charge on any atom is -0.486 e. The van der Waals surface area contributed by atoms with Gasteiger partial charge in [0.05, 0.1) is 6.54 Å². The monoisotopic (exact) mass is 481 g/mol. The van der Waals surface area contributed by atoms with Crippen molar-refractivity contribution < 1.29 is 9.47 Å². The van der Waals surface area contributed by atoms with Crippen molar-refractivity contribution in [3.05, 3.63) is 59.7 Å². The standard InChI is InChI=1S/C21H27N3O2.HI/c1-21(2,17-8-9-18-19(14-17)26-13-12-25-18)15-24-20(22)23-11-10-16-6-4-3-5-7-16;/h3-9,14H,10-13,15H2,1-2H3,(H3,22,23,24);1H. The molecule has 2 aromatic carbocycles. The van der Waals surface area contributed by atoms with Crippen LogP contribution in [0, 0.1) is 0 Å². The quantitative estimate of drug-likeness (QED) is 0.377. The largest absolute Gasteiger partial charge is 0.486 e. The van der Waals surface area contributed by atoms with Crippen molar-refractivity contribution in [3.8, 4) is 11.5 Å². The maximum Gasteiger partial charge on any atom is 0.188 e. The summed E-state index contributed by atoms with van der Waals surface area (Å²) in [6.45, 7) is 6.86. The molecule has 0 atom stereocenters. The first-order chi connectivity index (χ1) is 12.5. The van der Waals surface area contributed by atoms with E-state index < -0.39 is 0 Å². The molecule has 3 N–H and O–H groups in total. The SMILES string of the molecule is CC(C)(CN=C(N)NCCc1ccccc1)c1ccc2c(c1)OCCO2.I. The van der Waals surface area contributed by atoms with Crippen molar-refractivity contribution in [1.29, 1.82) is 0 Å². The summed E-state index contributed by atoms with van der Waals surface area (Å²) in [5.41, 5.74) is 8.31. The fourth-order valence-electron chi connectivity index (χ4n) is 2.87. The average molecular weight is 481 g/mol. The zero-order valence-electron chi connectivity index (χ0n) is 15.9. The van der Waals surface area contributed by atoms with Gasteiger partial charge in [0.25, 0.3) is 0 Å². The number of nitrogens with one attached hydrogen (secondary N) is 1. The van der Waals surface area contributed by atoms with Crippen LogP contribution in [-0.2, 0) is 11.8 Å². The normalized spacial score (nSPS) is 13.6. The highest BCUT2D eigenvalue weighted by Gasteiger charge is 2.23. The van der Waals surface area contributed by atoms with E-state index in [-0.39, 0.29) is 29.4 Å². The fraction of sp³-hybridized carbons (Fsp3) is 0.381. The molecular weight excluding hydrogens is 453 g/mol. The van der Waals surface area contributed by atoms with Crippen LogP contribution >= 0.6 is 24.0 Å². The first-order valence-electron chi connectivity index (χ1n) is 9.02. The van der Waals surface area contributed by atoms with E-state index in [4.69, 9.17) is 15.2 Å². The number of aliphatic imine (C=N–C) groups is 1. The second-order valence-corrected chi connectivity index (χ2v) is 7.11. The molecule has 0 radical (unpaired) electrons. The number of rotatable bonds is 6. The van der Waals surface area contributed by atoms with Gasteiger partial charge in [-0.25, -0.2) is 0 Å². The van der Waals surface area contributed by atoms with Crippen LogP contribution in [0.3, 0.4) is 0 Å². The molecule has 0 saturated carbocycles. The molecule has 146 valence electrons. The van der Waals surface area contributed by atoms with Crippen LogP contribution in [0.15, 0.2) is 53.5 Å². The number of halogens is 1. The Balaban J connectivity index is 0.00000261. The zero-order valence-corrected chi connectivity index (χ0v) is 18.2. The number of guanidine groups is 1. The first-order valence-corrected chi connectivity index (χ1v) is 9.02. The summed E-state index contributed by atoms with van der Waals surface area (Å²) < 4.78 is 11.3. The smallest absolute Gasteiger partial charge is 0.188 e. The number of nitrogens with zero attached hydrogens (tertiary/aromatic N) is 1. The summed E-state index contributed by atoms with van der Waals surface area (Å²) in [5.74, 6) is 2.09. The Morgan fingerprint density at radius 2 is 1.78 bits per heavy atom. The molecule has 0 saturated heterocycles. The Bertz CT molecular complexity index is 763. The van der Waals surface area contributed by atoms with E-state index in [0.29, 0.717) is 25.7 Å². The molecule has 2 aromatic rings. The van der Waals surface area contributed by atoms with Crippen LogP contribution in [0.1, 0.15) is 25.0 Å². The van der Waals surface area contributed by atoms with Crippen molar-refractivity contribution >= 4 is 29.9 Å². The lowest BCUT2D eigenvalue weighted by molar-refractivity contribution is 0.171. The molecule has 0 aliphatic carbocycles. The lowest BCUT2D eigenvalue weighted by Gasteiger charge is -2.26. The number of fused-ring (bicyclic) bond motifs is 1. The highest BCUT2D eigenvalue weighted by molar-refractivity contribution is 14.0. The van der Waals surface area contributed by atoms with Crippen molar-refractivity contribution in [1.82, 2.24) is 5.32 Å². The summed E-state index contributed by atoms with van der Waals surface area (Å²) in [7, 11) is 0. The molecular formula is C21H28IN3O2. The van der Waals surface area contributed by atoms with Crippen LogP contribution in [0.4, 0.5) is 0 Å². The molecule has 1 aliphatic heterocycles.